The van der Waals surface area contributed by atoms with Crippen molar-refractivity contribution in [3.05, 3.63) is 42.2 Å². The van der Waals surface area contributed by atoms with Crippen molar-refractivity contribution in [3.8, 4) is 11.3 Å². The molecule has 0 bridgehead atoms. The smallest absolute Gasteiger partial charge is 0.290 e. The zero-order valence-corrected chi connectivity index (χ0v) is 15.6. The minimum Gasteiger partial charge on any atom is -0.372 e. The van der Waals surface area contributed by atoms with Gasteiger partial charge in [-0.25, -0.2) is 10.9 Å². The number of hydrazine groups is 1. The fourth-order valence-corrected chi connectivity index (χ4v) is 2.92. The van der Waals surface area contributed by atoms with Gasteiger partial charge in [0.05, 0.1) is 0 Å². The van der Waals surface area contributed by atoms with Gasteiger partial charge in [-0.1, -0.05) is 35.5 Å². The first-order chi connectivity index (χ1) is 13.4. The van der Waals surface area contributed by atoms with Gasteiger partial charge >= 0.3 is 0 Å². The van der Waals surface area contributed by atoms with Crippen LogP contribution >= 0.6 is 0 Å². The number of rotatable bonds is 6. The Labute approximate surface area is 161 Å². The van der Waals surface area contributed by atoms with E-state index >= 15 is 0 Å². The lowest BCUT2D eigenvalue weighted by Crippen LogP contribution is -2.55. The molecule has 9 heteroatoms. The molecule has 3 N–H and O–H groups in total. The highest BCUT2D eigenvalue weighted by molar-refractivity contribution is 5.98. The Bertz CT molecular complexity index is 860. The summed E-state index contributed by atoms with van der Waals surface area (Å²) in [5.74, 6) is 3.78. The molecule has 1 saturated carbocycles. The number of imide groups is 1. The van der Waals surface area contributed by atoms with Crippen LogP contribution in [0.1, 0.15) is 30.3 Å². The number of aromatic nitrogens is 1. The molecular formula is C19H22N4O5. The van der Waals surface area contributed by atoms with Gasteiger partial charge in [-0.3, -0.25) is 14.4 Å². The van der Waals surface area contributed by atoms with Gasteiger partial charge in [0.25, 0.3) is 11.8 Å². The molecule has 1 atom stereocenters. The molecule has 9 nitrogen and oxygen atoms in total. The molecule has 0 radical (unpaired) electrons. The lowest BCUT2D eigenvalue weighted by atomic mass is 9.79. The number of carbonyl (C=O) groups is 3. The number of nitrogens with one attached hydrogen (secondary N) is 1. The van der Waals surface area contributed by atoms with Crippen LogP contribution in [-0.4, -0.2) is 47.1 Å². The lowest BCUT2D eigenvalue weighted by Gasteiger charge is -2.36. The van der Waals surface area contributed by atoms with Crippen molar-refractivity contribution in [2.45, 2.75) is 31.9 Å². The summed E-state index contributed by atoms with van der Waals surface area (Å²) in [7, 11) is 1.36. The number of hydrogen-bond acceptors (Lipinski definition) is 7. The first-order valence-electron chi connectivity index (χ1n) is 8.89. The van der Waals surface area contributed by atoms with Gasteiger partial charge in [0, 0.05) is 30.7 Å². The Morgan fingerprint density at radius 3 is 2.61 bits per heavy atom. The van der Waals surface area contributed by atoms with E-state index in [9.17, 15) is 14.4 Å². The largest absolute Gasteiger partial charge is 0.372 e. The van der Waals surface area contributed by atoms with E-state index in [1.165, 1.54) is 14.0 Å². The maximum Gasteiger partial charge on any atom is 0.290 e. The van der Waals surface area contributed by atoms with Gasteiger partial charge in [-0.2, -0.15) is 0 Å². The maximum absolute atomic E-state index is 12.3. The Kier molecular flexibility index (Phi) is 5.86. The summed E-state index contributed by atoms with van der Waals surface area (Å²) in [5, 5.41) is 7.29. The number of benzene rings is 1. The van der Waals surface area contributed by atoms with Gasteiger partial charge in [0.15, 0.2) is 0 Å². The molecule has 3 amide bonds. The highest BCUT2D eigenvalue weighted by Gasteiger charge is 2.39. The fourth-order valence-electron chi connectivity index (χ4n) is 2.92. The second kappa shape index (κ2) is 8.32. The van der Waals surface area contributed by atoms with E-state index in [-0.39, 0.29) is 11.8 Å². The van der Waals surface area contributed by atoms with Crippen LogP contribution in [0.5, 0.6) is 0 Å². The molecule has 1 heterocycles. The van der Waals surface area contributed by atoms with Crippen molar-refractivity contribution in [2.75, 3.05) is 7.11 Å². The maximum atomic E-state index is 12.3. The molecular weight excluding hydrogens is 364 g/mol. The molecule has 3 rings (SSSR count). The van der Waals surface area contributed by atoms with Crippen LogP contribution in [0.15, 0.2) is 40.9 Å². The Hall–Kier alpha value is -3.04. The van der Waals surface area contributed by atoms with Crippen molar-refractivity contribution in [1.82, 2.24) is 15.5 Å². The summed E-state index contributed by atoms with van der Waals surface area (Å²) in [6, 6.07) is 10.7. The van der Waals surface area contributed by atoms with E-state index in [1.54, 1.807) is 6.07 Å². The Morgan fingerprint density at radius 2 is 1.96 bits per heavy atom. The third-order valence-corrected chi connectivity index (χ3v) is 4.80. The molecule has 148 valence electrons. The lowest BCUT2D eigenvalue weighted by molar-refractivity contribution is -0.155. The van der Waals surface area contributed by atoms with Crippen molar-refractivity contribution < 1.29 is 23.6 Å². The molecule has 2 aromatic rings. The number of carbonyl (C=O) groups excluding carboxylic acids is 3. The van der Waals surface area contributed by atoms with Gasteiger partial charge in [0.2, 0.25) is 11.7 Å². The van der Waals surface area contributed by atoms with Crippen molar-refractivity contribution in [3.63, 3.8) is 0 Å². The molecule has 1 fully saturated rings. The average Bonchev–Trinajstić information content (AvgIpc) is 3.19. The third kappa shape index (κ3) is 4.10. The topological polar surface area (TPSA) is 128 Å². The van der Waals surface area contributed by atoms with Gasteiger partial charge in [0.1, 0.15) is 11.8 Å². The minimum atomic E-state index is -0.796. The van der Waals surface area contributed by atoms with Crippen LogP contribution in [0.2, 0.25) is 0 Å². The highest BCUT2D eigenvalue weighted by Crippen LogP contribution is 2.29. The number of hydrogen-bond donors (Lipinski definition) is 2. The molecule has 1 unspecified atom stereocenters. The Balaban J connectivity index is 1.51. The number of nitrogens with zero attached hydrogens (tertiary/aromatic N) is 2. The van der Waals surface area contributed by atoms with Crippen molar-refractivity contribution in [1.29, 1.82) is 0 Å². The molecule has 0 saturated heterocycles. The summed E-state index contributed by atoms with van der Waals surface area (Å²) in [5.41, 5.74) is 1.41. The van der Waals surface area contributed by atoms with Crippen molar-refractivity contribution >= 4 is 17.7 Å². The predicted octanol–water partition coefficient (Wildman–Crippen LogP) is 1.11. The van der Waals surface area contributed by atoms with Crippen LogP contribution in [0.4, 0.5) is 0 Å². The number of ether oxygens (including phenoxy) is 1. The predicted molar refractivity (Wildman–Crippen MR) is 98.4 cm³/mol. The molecule has 28 heavy (non-hydrogen) atoms. The summed E-state index contributed by atoms with van der Waals surface area (Å²) >= 11 is 0. The van der Waals surface area contributed by atoms with Crippen LogP contribution in [0, 0.1) is 5.92 Å². The van der Waals surface area contributed by atoms with Crippen LogP contribution in [0.3, 0.4) is 0 Å². The van der Waals surface area contributed by atoms with E-state index in [1.807, 2.05) is 30.3 Å². The molecule has 0 spiro atoms. The zero-order valence-electron chi connectivity index (χ0n) is 15.6. The number of nitrogens with two attached hydrogens (primary N) is 1. The normalized spacial score (nSPS) is 19.4. The molecule has 1 aromatic heterocycles. The molecule has 0 aliphatic heterocycles. The quantitative estimate of drug-likeness (QED) is 0.432. The number of methoxy groups -OCH3 is 1. The molecule has 1 aliphatic carbocycles. The minimum absolute atomic E-state index is 0.0955. The summed E-state index contributed by atoms with van der Waals surface area (Å²) in [6.07, 6.45) is -0.00563. The van der Waals surface area contributed by atoms with Gasteiger partial charge < -0.3 is 14.6 Å². The average molecular weight is 386 g/mol. The third-order valence-electron chi connectivity index (χ3n) is 4.80. The SMILES string of the molecule is COC(C)C(=O)N(N)C(=O)[C@H]1C[C@H](NC(=O)c2cc(-c3ccccc3)no2)C1. The zero-order chi connectivity index (χ0) is 20.3. The first-order valence-corrected chi connectivity index (χ1v) is 8.89. The van der Waals surface area contributed by atoms with Gasteiger partial charge in [-0.05, 0) is 19.8 Å². The van der Waals surface area contributed by atoms with Gasteiger partial charge in [-0.15, -0.1) is 0 Å². The summed E-state index contributed by atoms with van der Waals surface area (Å²) < 4.78 is 9.99. The van der Waals surface area contributed by atoms with Crippen molar-refractivity contribution in [2.24, 2.45) is 11.8 Å². The van der Waals surface area contributed by atoms with Crippen LogP contribution in [-0.2, 0) is 14.3 Å². The van der Waals surface area contributed by atoms with E-state index < -0.39 is 29.7 Å². The second-order valence-electron chi connectivity index (χ2n) is 6.71. The standard InChI is InChI=1S/C19H22N4O5/c1-11(27-2)18(25)23(20)19(26)13-8-14(9-13)21-17(24)16-10-15(22-28-16)12-6-4-3-5-7-12/h3-7,10-11,13-14H,8-9,20H2,1-2H3,(H,21,24)/t11?,13-,14-. The molecule has 1 aromatic carbocycles. The number of amides is 3. The Morgan fingerprint density at radius 1 is 1.29 bits per heavy atom. The van der Waals surface area contributed by atoms with Crippen LogP contribution in [0.25, 0.3) is 11.3 Å². The van der Waals surface area contributed by atoms with E-state index in [0.29, 0.717) is 23.5 Å². The summed E-state index contributed by atoms with van der Waals surface area (Å²) in [4.78, 5) is 36.4. The van der Waals surface area contributed by atoms with E-state index in [0.717, 1.165) is 5.56 Å². The van der Waals surface area contributed by atoms with Crippen LogP contribution < -0.4 is 11.2 Å². The highest BCUT2D eigenvalue weighted by atomic mass is 16.5. The van der Waals surface area contributed by atoms with E-state index in [4.69, 9.17) is 15.1 Å². The molecule has 1 aliphatic rings. The monoisotopic (exact) mass is 386 g/mol. The van der Waals surface area contributed by atoms with E-state index in [2.05, 4.69) is 10.5 Å². The second-order valence-corrected chi connectivity index (χ2v) is 6.71. The first kappa shape index (κ1) is 19.7. The summed E-state index contributed by atoms with van der Waals surface area (Å²) in [6.45, 7) is 1.51. The fraction of sp³-hybridized carbons (Fsp3) is 0.368.